The van der Waals surface area contributed by atoms with Crippen LogP contribution < -0.4 is 0 Å². The maximum atomic E-state index is 12.6. The molecule has 0 aliphatic carbocycles. The van der Waals surface area contributed by atoms with Gasteiger partial charge in [-0.15, -0.1) is 0 Å². The Hall–Kier alpha value is -1.07. The number of carboxylic acids is 1. The van der Waals surface area contributed by atoms with Crippen LogP contribution in [0.2, 0.25) is 5.02 Å². The Balaban J connectivity index is 2.36. The maximum absolute atomic E-state index is 12.6. The van der Waals surface area contributed by atoms with E-state index < -0.39 is 11.5 Å². The number of nitrogens with zero attached hydrogens (tertiary/aromatic N) is 1. The topological polar surface area (TPSA) is 57.6 Å². The van der Waals surface area contributed by atoms with Gasteiger partial charge < -0.3 is 10.0 Å². The Kier molecular flexibility index (Phi) is 4.39. The van der Waals surface area contributed by atoms with Crippen molar-refractivity contribution in [2.24, 2.45) is 0 Å². The molecule has 0 aromatic heterocycles. The lowest BCUT2D eigenvalue weighted by atomic mass is 9.92. The van der Waals surface area contributed by atoms with Crippen LogP contribution in [0, 0.1) is 0 Å². The summed E-state index contributed by atoms with van der Waals surface area (Å²) in [5.74, 6) is -1.19. The second-order valence-electron chi connectivity index (χ2n) is 4.88. The second-order valence-corrected chi connectivity index (χ2v) is 6.14. The van der Waals surface area contributed by atoms with E-state index in [1.165, 1.54) is 4.90 Å². The van der Waals surface area contributed by atoms with E-state index in [4.69, 9.17) is 11.6 Å². The minimum Gasteiger partial charge on any atom is -0.479 e. The van der Waals surface area contributed by atoms with E-state index >= 15 is 0 Å². The lowest BCUT2D eigenvalue weighted by Gasteiger charge is -2.34. The summed E-state index contributed by atoms with van der Waals surface area (Å²) in [6.45, 7) is 2.27. The Morgan fingerprint density at radius 3 is 2.75 bits per heavy atom. The highest BCUT2D eigenvalue weighted by Gasteiger charge is 2.48. The molecule has 1 N–H and O–H groups in total. The highest BCUT2D eigenvalue weighted by molar-refractivity contribution is 9.10. The van der Waals surface area contributed by atoms with E-state index in [1.54, 1.807) is 25.1 Å². The quantitative estimate of drug-likeness (QED) is 0.896. The van der Waals surface area contributed by atoms with Crippen LogP contribution >= 0.6 is 27.5 Å². The molecule has 1 aromatic rings. The van der Waals surface area contributed by atoms with Crippen LogP contribution in [0.5, 0.6) is 0 Å². The zero-order valence-corrected chi connectivity index (χ0v) is 13.4. The summed E-state index contributed by atoms with van der Waals surface area (Å²) in [5.41, 5.74) is -0.634. The number of carbonyl (C=O) groups excluding carboxylic acids is 1. The minimum atomic E-state index is -1.08. The molecule has 6 heteroatoms. The first-order valence-electron chi connectivity index (χ1n) is 6.43. The van der Waals surface area contributed by atoms with Crippen LogP contribution in [0.1, 0.15) is 36.5 Å². The van der Waals surface area contributed by atoms with Crippen molar-refractivity contribution < 1.29 is 14.7 Å². The lowest BCUT2D eigenvalue weighted by Crippen LogP contribution is -2.52. The number of rotatable bonds is 3. The number of aliphatic carboxylic acids is 1. The Morgan fingerprint density at radius 1 is 1.50 bits per heavy atom. The first-order valence-corrected chi connectivity index (χ1v) is 7.60. The fraction of sp³-hybridized carbons (Fsp3) is 0.429. The number of halogens is 2. The molecule has 0 saturated carbocycles. The van der Waals surface area contributed by atoms with Crippen LogP contribution in [0.3, 0.4) is 0 Å². The lowest BCUT2D eigenvalue weighted by molar-refractivity contribution is -0.148. The van der Waals surface area contributed by atoms with Crippen molar-refractivity contribution in [2.45, 2.75) is 31.7 Å². The third-order valence-corrected chi connectivity index (χ3v) is 5.10. The summed E-state index contributed by atoms with van der Waals surface area (Å²) in [5, 5.41) is 10.0. The predicted molar refractivity (Wildman–Crippen MR) is 80.1 cm³/mol. The van der Waals surface area contributed by atoms with E-state index in [9.17, 15) is 14.7 Å². The third kappa shape index (κ3) is 2.44. The Bertz CT molecular complexity index is 563. The number of carbonyl (C=O) groups is 2. The first-order chi connectivity index (χ1) is 9.42. The molecule has 0 bridgehead atoms. The van der Waals surface area contributed by atoms with Crippen LogP contribution in [0.4, 0.5) is 0 Å². The van der Waals surface area contributed by atoms with Crippen LogP contribution in [0.25, 0.3) is 0 Å². The van der Waals surface area contributed by atoms with Crippen LogP contribution in [-0.2, 0) is 4.79 Å². The molecule has 1 aliphatic heterocycles. The third-order valence-electron chi connectivity index (χ3n) is 3.88. The van der Waals surface area contributed by atoms with Gasteiger partial charge >= 0.3 is 5.97 Å². The van der Waals surface area contributed by atoms with Crippen molar-refractivity contribution in [2.75, 3.05) is 6.54 Å². The molecule has 0 spiro atoms. The number of hydrogen-bond acceptors (Lipinski definition) is 2. The Morgan fingerprint density at radius 2 is 2.20 bits per heavy atom. The number of likely N-dealkylation sites (tertiary alicyclic amines) is 1. The van der Waals surface area contributed by atoms with E-state index in [0.717, 1.165) is 0 Å². The molecule has 4 nitrogen and oxygen atoms in total. The number of amides is 1. The minimum absolute atomic E-state index is 0.260. The summed E-state index contributed by atoms with van der Waals surface area (Å²) in [4.78, 5) is 25.7. The molecule has 1 saturated heterocycles. The van der Waals surface area contributed by atoms with Crippen molar-refractivity contribution in [1.82, 2.24) is 4.90 Å². The molecule has 1 amide bonds. The van der Waals surface area contributed by atoms with Gasteiger partial charge in [0.25, 0.3) is 5.91 Å². The molecule has 1 heterocycles. The molecule has 108 valence electrons. The average molecular weight is 361 g/mol. The summed E-state index contributed by atoms with van der Waals surface area (Å²) in [6.07, 6.45) is 1.61. The van der Waals surface area contributed by atoms with E-state index in [1.807, 2.05) is 0 Å². The van der Waals surface area contributed by atoms with E-state index in [-0.39, 0.29) is 5.91 Å². The van der Waals surface area contributed by atoms with Gasteiger partial charge in [-0.25, -0.2) is 4.79 Å². The number of benzene rings is 1. The molecule has 2 rings (SSSR count). The van der Waals surface area contributed by atoms with Gasteiger partial charge in [0, 0.05) is 16.6 Å². The van der Waals surface area contributed by atoms with Gasteiger partial charge in [0.1, 0.15) is 5.54 Å². The molecular weight excluding hydrogens is 346 g/mol. The zero-order chi connectivity index (χ0) is 14.9. The van der Waals surface area contributed by atoms with Crippen molar-refractivity contribution in [1.29, 1.82) is 0 Å². The highest BCUT2D eigenvalue weighted by Crippen LogP contribution is 2.34. The van der Waals surface area contributed by atoms with Crippen molar-refractivity contribution >= 4 is 39.4 Å². The van der Waals surface area contributed by atoms with Gasteiger partial charge in [0.2, 0.25) is 0 Å². The van der Waals surface area contributed by atoms with Gasteiger partial charge in [-0.3, -0.25) is 4.79 Å². The SMILES string of the molecule is CCC1(C(=O)O)CCCN1C(=O)c1ccc(Cl)c(Br)c1. The molecule has 1 atom stereocenters. The van der Waals surface area contributed by atoms with E-state index in [0.29, 0.717) is 40.9 Å². The van der Waals surface area contributed by atoms with Crippen molar-refractivity contribution in [3.05, 3.63) is 33.3 Å². The number of hydrogen-bond donors (Lipinski definition) is 1. The normalized spacial score (nSPS) is 22.1. The average Bonchev–Trinajstić information content (AvgIpc) is 2.86. The van der Waals surface area contributed by atoms with E-state index in [2.05, 4.69) is 15.9 Å². The summed E-state index contributed by atoms with van der Waals surface area (Å²) in [7, 11) is 0. The molecule has 1 fully saturated rings. The van der Waals surface area contributed by atoms with Crippen molar-refractivity contribution in [3.8, 4) is 0 Å². The molecule has 1 aliphatic rings. The fourth-order valence-corrected chi connectivity index (χ4v) is 3.20. The molecule has 1 unspecified atom stereocenters. The zero-order valence-electron chi connectivity index (χ0n) is 11.0. The molecule has 1 aromatic carbocycles. The summed E-state index contributed by atoms with van der Waals surface area (Å²) < 4.78 is 0.627. The monoisotopic (exact) mass is 359 g/mol. The van der Waals surface area contributed by atoms with Crippen LogP contribution in [0.15, 0.2) is 22.7 Å². The van der Waals surface area contributed by atoms with Crippen LogP contribution in [-0.4, -0.2) is 34.0 Å². The summed E-state index contributed by atoms with van der Waals surface area (Å²) in [6, 6.07) is 4.88. The van der Waals surface area contributed by atoms with Gasteiger partial charge in [0.15, 0.2) is 0 Å². The predicted octanol–water partition coefficient (Wildman–Crippen LogP) is 3.57. The largest absolute Gasteiger partial charge is 0.479 e. The summed E-state index contributed by atoms with van der Waals surface area (Å²) >= 11 is 9.19. The first kappa shape index (κ1) is 15.3. The van der Waals surface area contributed by atoms with Gasteiger partial charge in [-0.1, -0.05) is 18.5 Å². The highest BCUT2D eigenvalue weighted by atomic mass is 79.9. The fourth-order valence-electron chi connectivity index (χ4n) is 2.70. The van der Waals surface area contributed by atoms with Crippen molar-refractivity contribution in [3.63, 3.8) is 0 Å². The van der Waals surface area contributed by atoms with Gasteiger partial charge in [0.05, 0.1) is 5.02 Å². The standard InChI is InChI=1S/C14H15BrClNO3/c1-2-14(13(19)20)6-3-7-17(14)12(18)9-4-5-11(16)10(15)8-9/h4-5,8H,2-3,6-7H2,1H3,(H,19,20). The maximum Gasteiger partial charge on any atom is 0.329 e. The van der Waals surface area contributed by atoms with Gasteiger partial charge in [-0.05, 0) is 53.4 Å². The number of carboxylic acid groups (broad SMARTS) is 1. The smallest absolute Gasteiger partial charge is 0.329 e. The second kappa shape index (κ2) is 5.74. The Labute approximate surface area is 130 Å². The van der Waals surface area contributed by atoms with Gasteiger partial charge in [-0.2, -0.15) is 0 Å². The molecule has 0 radical (unpaired) electrons. The molecular formula is C14H15BrClNO3. The molecule has 20 heavy (non-hydrogen) atoms.